The van der Waals surface area contributed by atoms with Crippen LogP contribution in [0, 0.1) is 0 Å². The van der Waals surface area contributed by atoms with Crippen molar-refractivity contribution in [2.45, 2.75) is 52.2 Å². The number of anilines is 1. The number of ether oxygens (including phenoxy) is 2. The zero-order valence-electron chi connectivity index (χ0n) is 17.4. The summed E-state index contributed by atoms with van der Waals surface area (Å²) >= 11 is 0. The van der Waals surface area contributed by atoms with Gasteiger partial charge in [0.05, 0.1) is 18.2 Å². The summed E-state index contributed by atoms with van der Waals surface area (Å²) in [5.41, 5.74) is 7.19. The lowest BCUT2D eigenvalue weighted by atomic mass is 9.81. The van der Waals surface area contributed by atoms with Crippen molar-refractivity contribution in [3.05, 3.63) is 59.7 Å². The van der Waals surface area contributed by atoms with Gasteiger partial charge in [0.15, 0.2) is 0 Å². The van der Waals surface area contributed by atoms with Gasteiger partial charge in [-0.1, -0.05) is 37.3 Å². The summed E-state index contributed by atoms with van der Waals surface area (Å²) in [6.45, 7) is 8.77. The van der Waals surface area contributed by atoms with Gasteiger partial charge in [-0.2, -0.15) is 0 Å². The smallest absolute Gasteiger partial charge is 0.131 e. The summed E-state index contributed by atoms with van der Waals surface area (Å²) < 4.78 is 12.2. The summed E-state index contributed by atoms with van der Waals surface area (Å²) in [5, 5.41) is 3.68. The number of fused-ring (bicyclic) bond motifs is 5. The minimum Gasteiger partial charge on any atom is -0.496 e. The summed E-state index contributed by atoms with van der Waals surface area (Å²) in [7, 11) is 1.72. The minimum atomic E-state index is -0.0615. The van der Waals surface area contributed by atoms with Crippen LogP contribution in [0.4, 0.5) is 5.69 Å². The Bertz CT molecular complexity index is 969. The fourth-order valence-electron chi connectivity index (χ4n) is 4.51. The van der Waals surface area contributed by atoms with Crippen LogP contribution in [0.1, 0.15) is 57.8 Å². The van der Waals surface area contributed by atoms with E-state index in [-0.39, 0.29) is 11.6 Å². The molecule has 3 heteroatoms. The van der Waals surface area contributed by atoms with Gasteiger partial charge in [0.25, 0.3) is 0 Å². The van der Waals surface area contributed by atoms with E-state index < -0.39 is 0 Å². The third kappa shape index (κ3) is 3.09. The molecule has 2 aromatic rings. The maximum atomic E-state index is 6.53. The first-order chi connectivity index (χ1) is 13.4. The number of hydrogen-bond acceptors (Lipinski definition) is 3. The van der Waals surface area contributed by atoms with E-state index in [4.69, 9.17) is 9.47 Å². The monoisotopic (exact) mass is 375 g/mol. The summed E-state index contributed by atoms with van der Waals surface area (Å²) in [5.74, 6) is 1.75. The highest BCUT2D eigenvalue weighted by Gasteiger charge is 2.34. The van der Waals surface area contributed by atoms with Gasteiger partial charge in [-0.3, -0.25) is 0 Å². The van der Waals surface area contributed by atoms with Crippen molar-refractivity contribution in [3.63, 3.8) is 0 Å². The van der Waals surface area contributed by atoms with Gasteiger partial charge in [-0.05, 0) is 56.5 Å². The average Bonchev–Trinajstić information content (AvgIpc) is 2.66. The maximum Gasteiger partial charge on any atom is 0.131 e. The highest BCUT2D eigenvalue weighted by Crippen LogP contribution is 2.52. The van der Waals surface area contributed by atoms with Crippen LogP contribution >= 0.6 is 0 Å². The Hall–Kier alpha value is -2.68. The van der Waals surface area contributed by atoms with E-state index in [0.717, 1.165) is 29.9 Å². The zero-order chi connectivity index (χ0) is 19.9. The molecule has 0 spiro atoms. The van der Waals surface area contributed by atoms with Crippen LogP contribution in [0.15, 0.2) is 48.6 Å². The molecule has 1 unspecified atom stereocenters. The van der Waals surface area contributed by atoms with Crippen molar-refractivity contribution in [2.24, 2.45) is 0 Å². The third-order valence-corrected chi connectivity index (χ3v) is 5.50. The van der Waals surface area contributed by atoms with Gasteiger partial charge in [-0.25, -0.2) is 0 Å². The lowest BCUT2D eigenvalue weighted by molar-refractivity contribution is 0.204. The maximum absolute atomic E-state index is 6.53. The Kier molecular flexibility index (Phi) is 4.70. The second-order valence-electron chi connectivity index (χ2n) is 8.18. The Morgan fingerprint density at radius 1 is 1.14 bits per heavy atom. The Labute approximate surface area is 168 Å². The van der Waals surface area contributed by atoms with Gasteiger partial charge in [-0.15, -0.1) is 0 Å². The number of methoxy groups -OCH3 is 1. The third-order valence-electron chi connectivity index (χ3n) is 5.50. The Morgan fingerprint density at radius 3 is 2.71 bits per heavy atom. The number of nitrogens with one attached hydrogen (secondary N) is 1. The number of hydrogen-bond donors (Lipinski definition) is 1. The van der Waals surface area contributed by atoms with Gasteiger partial charge in [0.2, 0.25) is 0 Å². The van der Waals surface area contributed by atoms with Crippen LogP contribution in [-0.4, -0.2) is 12.6 Å². The van der Waals surface area contributed by atoms with Crippen LogP contribution in [-0.2, 0) is 0 Å². The van der Waals surface area contributed by atoms with Crippen molar-refractivity contribution in [2.75, 3.05) is 12.4 Å². The lowest BCUT2D eigenvalue weighted by Gasteiger charge is -2.37. The second kappa shape index (κ2) is 7.05. The average molecular weight is 376 g/mol. The van der Waals surface area contributed by atoms with Crippen molar-refractivity contribution >= 4 is 11.3 Å². The number of rotatable bonds is 4. The quantitative estimate of drug-likeness (QED) is 0.599. The molecule has 0 saturated heterocycles. The van der Waals surface area contributed by atoms with E-state index in [1.54, 1.807) is 7.11 Å². The second-order valence-corrected chi connectivity index (χ2v) is 8.18. The minimum absolute atomic E-state index is 0.0151. The Morgan fingerprint density at radius 2 is 1.96 bits per heavy atom. The van der Waals surface area contributed by atoms with E-state index >= 15 is 0 Å². The molecule has 28 heavy (non-hydrogen) atoms. The van der Waals surface area contributed by atoms with Crippen molar-refractivity contribution in [1.29, 1.82) is 0 Å². The fraction of sp³-hybridized carbons (Fsp3) is 0.360. The fourth-order valence-corrected chi connectivity index (χ4v) is 4.51. The summed E-state index contributed by atoms with van der Waals surface area (Å²) in [4.78, 5) is 0. The van der Waals surface area contributed by atoms with E-state index in [1.165, 1.54) is 28.0 Å². The normalized spacial score (nSPS) is 19.0. The molecule has 2 aromatic carbocycles. The highest BCUT2D eigenvalue weighted by atomic mass is 16.5. The Balaban J connectivity index is 1.96. The van der Waals surface area contributed by atoms with Crippen LogP contribution in [0.25, 0.3) is 16.7 Å². The molecule has 1 atom stereocenters. The standard InChI is InChI=1S/C25H29NO2/c1-6-7-8-10-21-24-17(23-19(27-5)11-9-12-20(23)28-21)13-14-18-22(24)16(2)15-25(3,4)26-18/h7-9,11-15,21,26H,6,10H2,1-5H3/b8-7+. The highest BCUT2D eigenvalue weighted by molar-refractivity contribution is 5.91. The van der Waals surface area contributed by atoms with E-state index in [2.05, 4.69) is 63.4 Å². The molecule has 2 aliphatic rings. The van der Waals surface area contributed by atoms with Gasteiger partial charge < -0.3 is 14.8 Å². The van der Waals surface area contributed by atoms with E-state index in [1.807, 2.05) is 18.2 Å². The molecule has 0 bridgehead atoms. The van der Waals surface area contributed by atoms with Crippen molar-refractivity contribution in [1.82, 2.24) is 0 Å². The summed E-state index contributed by atoms with van der Waals surface area (Å²) in [6, 6.07) is 10.5. The molecule has 0 saturated carbocycles. The largest absolute Gasteiger partial charge is 0.496 e. The lowest BCUT2D eigenvalue weighted by Crippen LogP contribution is -2.32. The molecule has 0 amide bonds. The molecule has 0 aromatic heterocycles. The van der Waals surface area contributed by atoms with Crippen LogP contribution in [0.5, 0.6) is 11.5 Å². The molecular formula is C25H29NO2. The summed E-state index contributed by atoms with van der Waals surface area (Å²) in [6.07, 6.45) is 8.63. The molecule has 146 valence electrons. The molecule has 2 aliphatic heterocycles. The molecular weight excluding hydrogens is 346 g/mol. The van der Waals surface area contributed by atoms with Crippen LogP contribution < -0.4 is 14.8 Å². The first kappa shape index (κ1) is 18.7. The molecule has 0 fully saturated rings. The number of benzene rings is 2. The molecule has 2 heterocycles. The SMILES string of the molecule is CC/C=C/CC1Oc2cccc(OC)c2-c2ccc3c(c21)C(C)=CC(C)(C)N3. The van der Waals surface area contributed by atoms with Crippen LogP contribution in [0.2, 0.25) is 0 Å². The molecule has 4 rings (SSSR count). The molecule has 3 nitrogen and oxygen atoms in total. The first-order valence-electron chi connectivity index (χ1n) is 10.1. The van der Waals surface area contributed by atoms with E-state index in [9.17, 15) is 0 Å². The van der Waals surface area contributed by atoms with E-state index in [0.29, 0.717) is 0 Å². The zero-order valence-corrected chi connectivity index (χ0v) is 17.4. The molecule has 0 aliphatic carbocycles. The van der Waals surface area contributed by atoms with Crippen LogP contribution in [0.3, 0.4) is 0 Å². The van der Waals surface area contributed by atoms with Crippen molar-refractivity contribution < 1.29 is 9.47 Å². The predicted octanol–water partition coefficient (Wildman–Crippen LogP) is 6.76. The first-order valence-corrected chi connectivity index (χ1v) is 10.1. The van der Waals surface area contributed by atoms with Gasteiger partial charge in [0, 0.05) is 23.2 Å². The topological polar surface area (TPSA) is 30.5 Å². The number of allylic oxidation sites excluding steroid dienone is 2. The van der Waals surface area contributed by atoms with Crippen molar-refractivity contribution in [3.8, 4) is 22.6 Å². The van der Waals surface area contributed by atoms with Gasteiger partial charge in [0.1, 0.15) is 17.6 Å². The molecule has 1 N–H and O–H groups in total. The van der Waals surface area contributed by atoms with Gasteiger partial charge >= 0.3 is 0 Å². The molecule has 0 radical (unpaired) electrons. The predicted molar refractivity (Wildman–Crippen MR) is 117 cm³/mol.